The number of fused-ring (bicyclic) bond motifs is 7. The summed E-state index contributed by atoms with van der Waals surface area (Å²) in [6.45, 7) is 0. The number of benzene rings is 6. The van der Waals surface area contributed by atoms with E-state index < -0.39 is 0 Å². The molecule has 0 fully saturated rings. The third-order valence-corrected chi connectivity index (χ3v) is 9.67. The zero-order valence-corrected chi connectivity index (χ0v) is 26.6. The minimum atomic E-state index is -0.0770. The Morgan fingerprint density at radius 1 is 0.429 bits per heavy atom. The lowest BCUT2D eigenvalue weighted by Crippen LogP contribution is -2.35. The van der Waals surface area contributed by atoms with Gasteiger partial charge < -0.3 is 14.5 Å². The van der Waals surface area contributed by atoms with Crippen LogP contribution in [0.1, 0.15) is 17.2 Å². The molecule has 49 heavy (non-hydrogen) atoms. The SMILES string of the molecule is C1=C(c2ccccc2)N=C(n2c3ccccc3c3c2c2c(c4ccccc4n2-c2ccccc2)n3-c2ccccc2)NC1c1ccccc1. The van der Waals surface area contributed by atoms with Gasteiger partial charge in [-0.2, -0.15) is 0 Å². The van der Waals surface area contributed by atoms with E-state index in [0.717, 1.165) is 61.6 Å². The molecule has 4 heterocycles. The van der Waals surface area contributed by atoms with E-state index in [4.69, 9.17) is 4.99 Å². The average Bonchev–Trinajstić information content (AvgIpc) is 3.81. The first-order chi connectivity index (χ1) is 24.3. The van der Waals surface area contributed by atoms with E-state index in [2.05, 4.69) is 195 Å². The number of nitrogens with one attached hydrogen (secondary N) is 1. The van der Waals surface area contributed by atoms with Gasteiger partial charge in [-0.05, 0) is 48.0 Å². The topological polar surface area (TPSA) is 39.2 Å². The van der Waals surface area contributed by atoms with Gasteiger partial charge in [-0.15, -0.1) is 0 Å². The summed E-state index contributed by atoms with van der Waals surface area (Å²) in [7, 11) is 0. The number of hydrogen-bond donors (Lipinski definition) is 1. The second-order valence-corrected chi connectivity index (χ2v) is 12.5. The number of rotatable bonds is 4. The molecule has 232 valence electrons. The zero-order valence-electron chi connectivity index (χ0n) is 26.6. The Balaban J connectivity index is 1.39. The van der Waals surface area contributed by atoms with Gasteiger partial charge in [-0.1, -0.05) is 133 Å². The van der Waals surface area contributed by atoms with Crippen LogP contribution in [0.4, 0.5) is 0 Å². The minimum absolute atomic E-state index is 0.0770. The fourth-order valence-corrected chi connectivity index (χ4v) is 7.59. The summed E-state index contributed by atoms with van der Waals surface area (Å²) in [5.41, 5.74) is 12.3. The molecule has 5 nitrogen and oxygen atoms in total. The van der Waals surface area contributed by atoms with Gasteiger partial charge in [-0.25, -0.2) is 4.99 Å². The van der Waals surface area contributed by atoms with E-state index in [9.17, 15) is 0 Å². The fraction of sp³-hybridized carbons (Fsp3) is 0.0227. The van der Waals surface area contributed by atoms with E-state index in [1.807, 2.05) is 0 Å². The first kappa shape index (κ1) is 27.5. The van der Waals surface area contributed by atoms with Crippen molar-refractivity contribution in [2.45, 2.75) is 6.04 Å². The van der Waals surface area contributed by atoms with Crippen molar-refractivity contribution in [2.75, 3.05) is 0 Å². The molecule has 0 saturated carbocycles. The average molecular weight is 630 g/mol. The number of hydrogen-bond acceptors (Lipinski definition) is 2. The lowest BCUT2D eigenvalue weighted by Gasteiger charge is -2.25. The van der Waals surface area contributed by atoms with Crippen molar-refractivity contribution in [3.8, 4) is 11.4 Å². The molecule has 0 amide bonds. The van der Waals surface area contributed by atoms with Crippen LogP contribution in [0, 0.1) is 0 Å². The van der Waals surface area contributed by atoms with Gasteiger partial charge in [0.2, 0.25) is 5.96 Å². The highest BCUT2D eigenvalue weighted by Crippen LogP contribution is 2.44. The summed E-state index contributed by atoms with van der Waals surface area (Å²) < 4.78 is 7.24. The van der Waals surface area contributed by atoms with Crippen LogP contribution in [-0.2, 0) is 0 Å². The Labute approximate surface area is 283 Å². The Hall–Kier alpha value is -6.59. The third kappa shape index (κ3) is 4.22. The van der Waals surface area contributed by atoms with Gasteiger partial charge >= 0.3 is 0 Å². The smallest absolute Gasteiger partial charge is 0.209 e. The predicted octanol–water partition coefficient (Wildman–Crippen LogP) is 10.3. The van der Waals surface area contributed by atoms with E-state index in [-0.39, 0.29) is 6.04 Å². The fourth-order valence-electron chi connectivity index (χ4n) is 7.59. The van der Waals surface area contributed by atoms with Gasteiger partial charge in [0, 0.05) is 27.7 Å². The van der Waals surface area contributed by atoms with Gasteiger partial charge in [0.25, 0.3) is 0 Å². The van der Waals surface area contributed by atoms with Gasteiger partial charge in [0.05, 0.1) is 39.3 Å². The number of aliphatic imine (C=N–C) groups is 1. The highest BCUT2D eigenvalue weighted by atomic mass is 15.3. The van der Waals surface area contributed by atoms with Crippen molar-refractivity contribution in [1.82, 2.24) is 19.0 Å². The van der Waals surface area contributed by atoms with Gasteiger partial charge in [-0.3, -0.25) is 4.57 Å². The molecule has 1 atom stereocenters. The molecule has 1 unspecified atom stereocenters. The van der Waals surface area contributed by atoms with Crippen molar-refractivity contribution in [2.24, 2.45) is 4.99 Å². The normalized spacial score (nSPS) is 14.7. The second kappa shape index (κ2) is 11.0. The van der Waals surface area contributed by atoms with Crippen LogP contribution in [-0.4, -0.2) is 19.7 Å². The molecule has 5 heteroatoms. The third-order valence-electron chi connectivity index (χ3n) is 9.67. The van der Waals surface area contributed by atoms with Gasteiger partial charge in [0.1, 0.15) is 5.52 Å². The Morgan fingerprint density at radius 3 is 1.51 bits per heavy atom. The van der Waals surface area contributed by atoms with Crippen molar-refractivity contribution in [3.63, 3.8) is 0 Å². The van der Waals surface area contributed by atoms with Crippen LogP contribution < -0.4 is 5.32 Å². The molecular formula is C44H31N5. The minimum Gasteiger partial charge on any atom is -0.345 e. The lowest BCUT2D eigenvalue weighted by atomic mass is 10.0. The largest absolute Gasteiger partial charge is 0.345 e. The first-order valence-corrected chi connectivity index (χ1v) is 16.7. The van der Waals surface area contributed by atoms with E-state index in [0.29, 0.717) is 0 Å². The zero-order chi connectivity index (χ0) is 32.3. The quantitative estimate of drug-likeness (QED) is 0.207. The molecule has 0 aliphatic carbocycles. The summed E-state index contributed by atoms with van der Waals surface area (Å²) in [5.74, 6) is 0.790. The summed E-state index contributed by atoms with van der Waals surface area (Å²) in [6.07, 6.45) is 2.24. The van der Waals surface area contributed by atoms with Crippen LogP contribution in [0.15, 0.2) is 181 Å². The van der Waals surface area contributed by atoms with Crippen molar-refractivity contribution in [3.05, 3.63) is 187 Å². The van der Waals surface area contributed by atoms with Gasteiger partial charge in [0.15, 0.2) is 0 Å². The molecule has 0 saturated heterocycles. The summed E-state index contributed by atoms with van der Waals surface area (Å²) in [5, 5.41) is 6.24. The molecular weight excluding hydrogens is 599 g/mol. The van der Waals surface area contributed by atoms with Crippen molar-refractivity contribution in [1.29, 1.82) is 0 Å². The molecule has 1 aliphatic rings. The Kier molecular flexibility index (Phi) is 6.18. The molecule has 9 aromatic rings. The summed E-state index contributed by atoms with van der Waals surface area (Å²) in [4.78, 5) is 5.43. The predicted molar refractivity (Wildman–Crippen MR) is 203 cm³/mol. The molecule has 0 bridgehead atoms. The van der Waals surface area contributed by atoms with Crippen LogP contribution in [0.3, 0.4) is 0 Å². The highest BCUT2D eigenvalue weighted by Gasteiger charge is 2.30. The Morgan fingerprint density at radius 2 is 0.898 bits per heavy atom. The molecule has 6 aromatic carbocycles. The monoisotopic (exact) mass is 629 g/mol. The molecule has 0 radical (unpaired) electrons. The second-order valence-electron chi connectivity index (χ2n) is 12.5. The first-order valence-electron chi connectivity index (χ1n) is 16.7. The summed E-state index contributed by atoms with van der Waals surface area (Å²) in [6, 6.07) is 60.0. The van der Waals surface area contributed by atoms with Crippen LogP contribution in [0.25, 0.3) is 60.9 Å². The molecule has 1 N–H and O–H groups in total. The molecule has 0 spiro atoms. The Bertz CT molecular complexity index is 2710. The molecule has 1 aliphatic heterocycles. The van der Waals surface area contributed by atoms with Crippen LogP contribution >= 0.6 is 0 Å². The number of para-hydroxylation sites is 4. The van der Waals surface area contributed by atoms with Crippen LogP contribution in [0.5, 0.6) is 0 Å². The molecule has 10 rings (SSSR count). The van der Waals surface area contributed by atoms with E-state index >= 15 is 0 Å². The van der Waals surface area contributed by atoms with Crippen molar-refractivity contribution < 1.29 is 0 Å². The highest BCUT2D eigenvalue weighted by molar-refractivity contribution is 6.27. The van der Waals surface area contributed by atoms with E-state index in [1.54, 1.807) is 0 Å². The van der Waals surface area contributed by atoms with E-state index in [1.165, 1.54) is 16.5 Å². The molecule has 3 aromatic heterocycles. The lowest BCUT2D eigenvalue weighted by molar-refractivity contribution is 0.760. The maximum absolute atomic E-state index is 5.43. The number of aromatic nitrogens is 3. The summed E-state index contributed by atoms with van der Waals surface area (Å²) >= 11 is 0. The van der Waals surface area contributed by atoms with Crippen LogP contribution in [0.2, 0.25) is 0 Å². The maximum atomic E-state index is 5.43. The standard InChI is InChI=1S/C44H31N5/c1-5-17-30(18-6-1)36-29-37(31-19-7-2-8-20-31)46-44(45-36)49-39-28-16-14-26-35(39)41-43(49)42-40(48(41)33-23-11-4-12-24-33)34-25-13-15-27-38(34)47(42)32-21-9-3-10-22-32/h1-29,36H,(H,45,46). The maximum Gasteiger partial charge on any atom is 0.209 e. The van der Waals surface area contributed by atoms with Crippen molar-refractivity contribution >= 4 is 55.5 Å². The number of nitrogens with zero attached hydrogens (tertiary/aromatic N) is 4.